The van der Waals surface area contributed by atoms with E-state index >= 15 is 0 Å². The van der Waals surface area contributed by atoms with E-state index in [1.807, 2.05) is 73.6 Å². The number of carbonyl (C=O) groups is 1. The molecule has 0 bridgehead atoms. The van der Waals surface area contributed by atoms with Crippen LogP contribution in [0.25, 0.3) is 11.4 Å². The number of hydrogen-bond acceptors (Lipinski definition) is 5. The lowest BCUT2D eigenvalue weighted by Crippen LogP contribution is -2.24. The highest BCUT2D eigenvalue weighted by atomic mass is 32.2. The molecular formula is C19H21N5OS. The first kappa shape index (κ1) is 18.0. The highest BCUT2D eigenvalue weighted by Crippen LogP contribution is 2.18. The maximum atomic E-state index is 12.0. The van der Waals surface area contributed by atoms with Crippen LogP contribution in [0.15, 0.2) is 59.8 Å². The van der Waals surface area contributed by atoms with E-state index < -0.39 is 0 Å². The zero-order valence-corrected chi connectivity index (χ0v) is 15.6. The summed E-state index contributed by atoms with van der Waals surface area (Å²) in [5, 5.41) is 10.5. The standard InChI is InChI=1S/C19H21N5OS/c1-24(2)16-10-8-14(9-11-16)12-20-17(25)13-26-19-21-18(22-23-19)15-6-4-3-5-7-15/h3-11H,12-13H2,1-2H3,(H,20,25)(H,21,22,23). The Bertz CT molecular complexity index is 846. The Morgan fingerprint density at radius 2 is 1.85 bits per heavy atom. The van der Waals surface area contributed by atoms with Crippen LogP contribution in [0.5, 0.6) is 0 Å². The molecule has 1 aromatic heterocycles. The van der Waals surface area contributed by atoms with E-state index in [4.69, 9.17) is 0 Å². The Morgan fingerprint density at radius 3 is 2.54 bits per heavy atom. The predicted molar refractivity (Wildman–Crippen MR) is 105 cm³/mol. The Kier molecular flexibility index (Phi) is 5.91. The molecule has 0 spiro atoms. The van der Waals surface area contributed by atoms with E-state index in [1.165, 1.54) is 11.8 Å². The molecule has 7 heteroatoms. The van der Waals surface area contributed by atoms with Gasteiger partial charge in [0.25, 0.3) is 0 Å². The van der Waals surface area contributed by atoms with E-state index in [-0.39, 0.29) is 11.7 Å². The monoisotopic (exact) mass is 367 g/mol. The second-order valence-corrected chi connectivity index (χ2v) is 6.90. The molecule has 134 valence electrons. The Hall–Kier alpha value is -2.80. The molecule has 0 unspecified atom stereocenters. The van der Waals surface area contributed by atoms with Gasteiger partial charge in [0.1, 0.15) is 0 Å². The maximum Gasteiger partial charge on any atom is 0.230 e. The molecule has 0 aliphatic heterocycles. The Labute approximate surface area is 157 Å². The van der Waals surface area contributed by atoms with Crippen molar-refractivity contribution < 1.29 is 4.79 Å². The van der Waals surface area contributed by atoms with Gasteiger partial charge in [-0.25, -0.2) is 4.98 Å². The van der Waals surface area contributed by atoms with Gasteiger partial charge in [0, 0.05) is 31.9 Å². The molecule has 0 fully saturated rings. The second kappa shape index (κ2) is 8.53. The molecular weight excluding hydrogens is 346 g/mol. The van der Waals surface area contributed by atoms with Gasteiger partial charge in [-0.15, -0.1) is 5.10 Å². The average molecular weight is 367 g/mol. The van der Waals surface area contributed by atoms with Crippen LogP contribution in [0.4, 0.5) is 5.69 Å². The van der Waals surface area contributed by atoms with Crippen molar-refractivity contribution in [2.24, 2.45) is 0 Å². The smallest absolute Gasteiger partial charge is 0.230 e. The number of nitrogens with zero attached hydrogens (tertiary/aromatic N) is 3. The minimum atomic E-state index is -0.0438. The summed E-state index contributed by atoms with van der Waals surface area (Å²) in [5.74, 6) is 0.939. The number of nitrogens with one attached hydrogen (secondary N) is 2. The molecule has 3 rings (SSSR count). The number of thioether (sulfide) groups is 1. The minimum Gasteiger partial charge on any atom is -0.378 e. The zero-order valence-electron chi connectivity index (χ0n) is 14.8. The molecule has 0 aliphatic carbocycles. The molecule has 26 heavy (non-hydrogen) atoms. The number of aromatic nitrogens is 3. The lowest BCUT2D eigenvalue weighted by atomic mass is 10.2. The summed E-state index contributed by atoms with van der Waals surface area (Å²) in [7, 11) is 4.00. The van der Waals surface area contributed by atoms with Crippen molar-refractivity contribution in [3.05, 3.63) is 60.2 Å². The fraction of sp³-hybridized carbons (Fsp3) is 0.211. The summed E-state index contributed by atoms with van der Waals surface area (Å²) in [4.78, 5) is 18.5. The van der Waals surface area contributed by atoms with Crippen molar-refractivity contribution in [3.8, 4) is 11.4 Å². The second-order valence-electron chi connectivity index (χ2n) is 5.96. The SMILES string of the molecule is CN(C)c1ccc(CNC(=O)CSc2n[nH]c(-c3ccccc3)n2)cc1. The van der Waals surface area contributed by atoms with Crippen LogP contribution in [0, 0.1) is 0 Å². The summed E-state index contributed by atoms with van der Waals surface area (Å²) in [6.45, 7) is 0.510. The predicted octanol–water partition coefficient (Wildman–Crippen LogP) is 2.95. The van der Waals surface area contributed by atoms with Crippen molar-refractivity contribution >= 4 is 23.4 Å². The molecule has 2 N–H and O–H groups in total. The normalized spacial score (nSPS) is 10.5. The van der Waals surface area contributed by atoms with Gasteiger partial charge in [-0.3, -0.25) is 9.89 Å². The summed E-state index contributed by atoms with van der Waals surface area (Å²) in [6, 6.07) is 17.9. The van der Waals surface area contributed by atoms with Crippen LogP contribution in [0.3, 0.4) is 0 Å². The largest absolute Gasteiger partial charge is 0.378 e. The fourth-order valence-corrected chi connectivity index (χ4v) is 2.96. The number of aromatic amines is 1. The molecule has 0 saturated heterocycles. The van der Waals surface area contributed by atoms with E-state index in [0.717, 1.165) is 16.8 Å². The number of benzene rings is 2. The topological polar surface area (TPSA) is 73.9 Å². The van der Waals surface area contributed by atoms with Crippen LogP contribution in [0.1, 0.15) is 5.56 Å². The molecule has 3 aromatic rings. The van der Waals surface area contributed by atoms with Gasteiger partial charge in [-0.1, -0.05) is 54.2 Å². The number of carbonyl (C=O) groups excluding carboxylic acids is 1. The van der Waals surface area contributed by atoms with E-state index in [2.05, 4.69) is 20.5 Å². The maximum absolute atomic E-state index is 12.0. The summed E-state index contributed by atoms with van der Waals surface area (Å²) in [6.07, 6.45) is 0. The van der Waals surface area contributed by atoms with Gasteiger partial charge in [0.15, 0.2) is 5.82 Å². The summed E-state index contributed by atoms with van der Waals surface area (Å²) in [5.41, 5.74) is 3.17. The van der Waals surface area contributed by atoms with Crippen molar-refractivity contribution in [2.45, 2.75) is 11.7 Å². The average Bonchev–Trinajstić information content (AvgIpc) is 3.15. The number of amides is 1. The lowest BCUT2D eigenvalue weighted by Gasteiger charge is -2.12. The molecule has 0 saturated carbocycles. The molecule has 0 aliphatic rings. The van der Waals surface area contributed by atoms with E-state index in [9.17, 15) is 4.79 Å². The van der Waals surface area contributed by atoms with Gasteiger partial charge >= 0.3 is 0 Å². The number of H-pyrrole nitrogens is 1. The van der Waals surface area contributed by atoms with Crippen LogP contribution in [-0.2, 0) is 11.3 Å². The van der Waals surface area contributed by atoms with Crippen LogP contribution < -0.4 is 10.2 Å². The van der Waals surface area contributed by atoms with Crippen LogP contribution in [-0.4, -0.2) is 40.9 Å². The van der Waals surface area contributed by atoms with Gasteiger partial charge in [0.05, 0.1) is 5.75 Å². The zero-order chi connectivity index (χ0) is 18.4. The molecule has 1 amide bonds. The van der Waals surface area contributed by atoms with Crippen molar-refractivity contribution in [1.82, 2.24) is 20.5 Å². The third kappa shape index (κ3) is 4.86. The van der Waals surface area contributed by atoms with Crippen molar-refractivity contribution in [3.63, 3.8) is 0 Å². The molecule has 6 nitrogen and oxygen atoms in total. The molecule has 2 aromatic carbocycles. The van der Waals surface area contributed by atoms with Gasteiger partial charge in [0.2, 0.25) is 11.1 Å². The number of anilines is 1. The van der Waals surface area contributed by atoms with E-state index in [1.54, 1.807) is 0 Å². The Balaban J connectivity index is 1.46. The highest BCUT2D eigenvalue weighted by molar-refractivity contribution is 7.99. The Morgan fingerprint density at radius 1 is 1.12 bits per heavy atom. The molecule has 0 atom stereocenters. The van der Waals surface area contributed by atoms with E-state index in [0.29, 0.717) is 17.5 Å². The number of rotatable bonds is 7. The van der Waals surface area contributed by atoms with Crippen LogP contribution in [0.2, 0.25) is 0 Å². The number of hydrogen-bond donors (Lipinski definition) is 2. The molecule has 0 radical (unpaired) electrons. The first-order chi connectivity index (χ1) is 12.6. The third-order valence-corrected chi connectivity index (χ3v) is 4.63. The third-order valence-electron chi connectivity index (χ3n) is 3.79. The quantitative estimate of drug-likeness (QED) is 0.628. The van der Waals surface area contributed by atoms with Crippen LogP contribution >= 0.6 is 11.8 Å². The van der Waals surface area contributed by atoms with Gasteiger partial charge in [-0.05, 0) is 17.7 Å². The van der Waals surface area contributed by atoms with Gasteiger partial charge < -0.3 is 10.2 Å². The first-order valence-electron chi connectivity index (χ1n) is 8.25. The summed E-state index contributed by atoms with van der Waals surface area (Å²) < 4.78 is 0. The van der Waals surface area contributed by atoms with Crippen molar-refractivity contribution in [1.29, 1.82) is 0 Å². The van der Waals surface area contributed by atoms with Gasteiger partial charge in [-0.2, -0.15) is 0 Å². The molecule has 1 heterocycles. The lowest BCUT2D eigenvalue weighted by molar-refractivity contribution is -0.118. The fourth-order valence-electron chi connectivity index (χ4n) is 2.33. The van der Waals surface area contributed by atoms with Crippen molar-refractivity contribution in [2.75, 3.05) is 24.7 Å². The highest BCUT2D eigenvalue weighted by Gasteiger charge is 2.09. The minimum absolute atomic E-state index is 0.0438. The first-order valence-corrected chi connectivity index (χ1v) is 9.24. The summed E-state index contributed by atoms with van der Waals surface area (Å²) >= 11 is 1.31.